The number of nitrogens with zero attached hydrogens (tertiary/aromatic N) is 2. The van der Waals surface area contributed by atoms with Crippen LogP contribution >= 0.6 is 0 Å². The Morgan fingerprint density at radius 3 is 2.93 bits per heavy atom. The Bertz CT molecular complexity index is 1020. The van der Waals surface area contributed by atoms with Gasteiger partial charge in [0.1, 0.15) is 17.2 Å². The largest absolute Gasteiger partial charge is 0.459 e. The van der Waals surface area contributed by atoms with Crippen LogP contribution in [0.2, 0.25) is 0 Å². The molecule has 4 rings (SSSR count). The van der Waals surface area contributed by atoms with Crippen LogP contribution in [0.15, 0.2) is 40.9 Å². The number of amides is 1. The highest BCUT2D eigenvalue weighted by Crippen LogP contribution is 2.28. The number of benzene rings is 1. The number of para-hydroxylation sites is 1. The smallest absolute Gasteiger partial charge is 0.223 e. The van der Waals surface area contributed by atoms with Crippen molar-refractivity contribution >= 4 is 28.6 Å². The molecule has 2 heterocycles. The number of carbonyl (C=O) groups excluding carboxylic acids is 1. The second-order valence-electron chi connectivity index (χ2n) is 7.49. The fraction of sp³-hybridized carbons (Fsp3) is 0.381. The first kappa shape index (κ1) is 19.2. The predicted octanol–water partition coefficient (Wildman–Crippen LogP) is 2.37. The van der Waals surface area contributed by atoms with Crippen molar-refractivity contribution in [1.82, 2.24) is 15.3 Å². The lowest BCUT2D eigenvalue weighted by Gasteiger charge is -2.33. The maximum absolute atomic E-state index is 12.7. The first-order chi connectivity index (χ1) is 14.0. The van der Waals surface area contributed by atoms with E-state index in [2.05, 4.69) is 20.6 Å². The van der Waals surface area contributed by atoms with Crippen LogP contribution in [0.4, 0.5) is 11.8 Å². The third-order valence-corrected chi connectivity index (χ3v) is 5.56. The molecule has 1 aliphatic carbocycles. The molecule has 0 aliphatic heterocycles. The highest BCUT2D eigenvalue weighted by molar-refractivity contribution is 5.82. The Kier molecular flexibility index (Phi) is 5.35. The zero-order valence-corrected chi connectivity index (χ0v) is 16.3. The van der Waals surface area contributed by atoms with Crippen molar-refractivity contribution in [3.8, 4) is 0 Å². The SMILES string of the molecule is Cc1c(CNC(=O)[C@H]2CC[C@@H](O)[C@H](Nc3ccnc(N)n3)C2)oc2ccccc12. The summed E-state index contributed by atoms with van der Waals surface area (Å²) >= 11 is 0. The molecule has 2 aromatic heterocycles. The summed E-state index contributed by atoms with van der Waals surface area (Å²) in [7, 11) is 0. The van der Waals surface area contributed by atoms with Gasteiger partial charge in [-0.25, -0.2) is 4.98 Å². The van der Waals surface area contributed by atoms with Gasteiger partial charge < -0.3 is 25.9 Å². The van der Waals surface area contributed by atoms with Gasteiger partial charge in [-0.3, -0.25) is 4.79 Å². The van der Waals surface area contributed by atoms with E-state index in [1.54, 1.807) is 12.3 Å². The molecular formula is C21H25N5O3. The molecule has 1 aliphatic rings. The number of nitrogen functional groups attached to an aromatic ring is 1. The van der Waals surface area contributed by atoms with Gasteiger partial charge in [0.15, 0.2) is 0 Å². The normalized spacial score (nSPS) is 21.8. The van der Waals surface area contributed by atoms with E-state index in [0.29, 0.717) is 31.6 Å². The van der Waals surface area contributed by atoms with Crippen LogP contribution < -0.4 is 16.4 Å². The van der Waals surface area contributed by atoms with Gasteiger partial charge in [0, 0.05) is 23.1 Å². The quantitative estimate of drug-likeness (QED) is 0.522. The molecule has 3 atom stereocenters. The molecule has 0 bridgehead atoms. The van der Waals surface area contributed by atoms with Crippen LogP contribution in [0.5, 0.6) is 0 Å². The van der Waals surface area contributed by atoms with E-state index in [4.69, 9.17) is 10.2 Å². The molecule has 8 heteroatoms. The standard InChI is InChI=1S/C21H25N5O3/c1-12-14-4-2-3-5-17(14)29-18(12)11-24-20(28)13-6-7-16(27)15(10-13)25-19-8-9-23-21(22)26-19/h2-5,8-9,13,15-16,27H,6-7,10-11H2,1H3,(H,24,28)(H3,22,23,25,26)/t13-,15+,16+/m0/s1. The van der Waals surface area contributed by atoms with Crippen LogP contribution in [0, 0.1) is 12.8 Å². The molecule has 5 N–H and O–H groups in total. The van der Waals surface area contributed by atoms with E-state index < -0.39 is 6.10 Å². The van der Waals surface area contributed by atoms with Gasteiger partial charge in [0.05, 0.1) is 18.7 Å². The summed E-state index contributed by atoms with van der Waals surface area (Å²) in [6, 6.07) is 9.25. The Hall–Kier alpha value is -3.13. The molecule has 0 spiro atoms. The lowest BCUT2D eigenvalue weighted by molar-refractivity contribution is -0.127. The number of aliphatic hydroxyl groups is 1. The van der Waals surface area contributed by atoms with Crippen LogP contribution in [-0.2, 0) is 11.3 Å². The van der Waals surface area contributed by atoms with E-state index in [0.717, 1.165) is 22.3 Å². The summed E-state index contributed by atoms with van der Waals surface area (Å²) in [4.78, 5) is 20.7. The molecule has 0 radical (unpaired) electrons. The molecule has 0 unspecified atom stereocenters. The Balaban J connectivity index is 1.38. The second kappa shape index (κ2) is 8.08. The number of fused-ring (bicyclic) bond motifs is 1. The molecule has 0 saturated heterocycles. The number of rotatable bonds is 5. The number of aryl methyl sites for hydroxylation is 1. The second-order valence-corrected chi connectivity index (χ2v) is 7.49. The minimum absolute atomic E-state index is 0.0363. The van der Waals surface area contributed by atoms with Crippen molar-refractivity contribution in [2.45, 2.75) is 44.9 Å². The number of anilines is 2. The Labute approximate surface area is 168 Å². The number of nitrogens with two attached hydrogens (primary N) is 1. The van der Waals surface area contributed by atoms with Gasteiger partial charge in [-0.15, -0.1) is 0 Å². The van der Waals surface area contributed by atoms with Crippen LogP contribution in [0.3, 0.4) is 0 Å². The first-order valence-electron chi connectivity index (χ1n) is 9.79. The molecule has 152 valence electrons. The van der Waals surface area contributed by atoms with Gasteiger partial charge in [-0.2, -0.15) is 4.98 Å². The number of furan rings is 1. The van der Waals surface area contributed by atoms with Crippen LogP contribution in [0.1, 0.15) is 30.6 Å². The van der Waals surface area contributed by atoms with Gasteiger partial charge in [-0.05, 0) is 38.3 Å². The van der Waals surface area contributed by atoms with Gasteiger partial charge in [0.25, 0.3) is 0 Å². The minimum Gasteiger partial charge on any atom is -0.459 e. The fourth-order valence-electron chi connectivity index (χ4n) is 3.90. The van der Waals surface area contributed by atoms with E-state index >= 15 is 0 Å². The summed E-state index contributed by atoms with van der Waals surface area (Å²) in [5.41, 5.74) is 7.48. The number of aliphatic hydroxyl groups excluding tert-OH is 1. The van der Waals surface area contributed by atoms with E-state index in [1.807, 2.05) is 31.2 Å². The summed E-state index contributed by atoms with van der Waals surface area (Å²) in [6.45, 7) is 2.34. The summed E-state index contributed by atoms with van der Waals surface area (Å²) in [5.74, 6) is 1.24. The minimum atomic E-state index is -0.548. The van der Waals surface area contributed by atoms with Crippen molar-refractivity contribution in [2.24, 2.45) is 5.92 Å². The monoisotopic (exact) mass is 395 g/mol. The third-order valence-electron chi connectivity index (χ3n) is 5.56. The zero-order chi connectivity index (χ0) is 20.4. The van der Waals surface area contributed by atoms with Gasteiger partial charge in [0.2, 0.25) is 11.9 Å². The molecule has 1 aromatic carbocycles. The summed E-state index contributed by atoms with van der Waals surface area (Å²) < 4.78 is 5.87. The molecule has 1 saturated carbocycles. The van der Waals surface area contributed by atoms with Crippen molar-refractivity contribution in [3.63, 3.8) is 0 Å². The van der Waals surface area contributed by atoms with Gasteiger partial charge in [-0.1, -0.05) is 18.2 Å². The molecule has 8 nitrogen and oxygen atoms in total. The zero-order valence-electron chi connectivity index (χ0n) is 16.3. The van der Waals surface area contributed by atoms with Gasteiger partial charge >= 0.3 is 0 Å². The molecule has 1 amide bonds. The van der Waals surface area contributed by atoms with Crippen molar-refractivity contribution in [2.75, 3.05) is 11.1 Å². The van der Waals surface area contributed by atoms with E-state index in [1.165, 1.54) is 0 Å². The number of nitrogens with one attached hydrogen (secondary N) is 2. The summed E-state index contributed by atoms with van der Waals surface area (Å²) in [5, 5.41) is 17.6. The van der Waals surface area contributed by atoms with Crippen molar-refractivity contribution in [1.29, 1.82) is 0 Å². The number of hydrogen-bond acceptors (Lipinski definition) is 7. The van der Waals surface area contributed by atoms with E-state index in [-0.39, 0.29) is 23.8 Å². The maximum Gasteiger partial charge on any atom is 0.223 e. The van der Waals surface area contributed by atoms with E-state index in [9.17, 15) is 9.90 Å². The van der Waals surface area contributed by atoms with Crippen molar-refractivity contribution in [3.05, 3.63) is 47.9 Å². The average Bonchev–Trinajstić information content (AvgIpc) is 3.04. The molecule has 29 heavy (non-hydrogen) atoms. The highest BCUT2D eigenvalue weighted by Gasteiger charge is 2.33. The topological polar surface area (TPSA) is 126 Å². The Morgan fingerprint density at radius 1 is 1.31 bits per heavy atom. The predicted molar refractivity (Wildman–Crippen MR) is 110 cm³/mol. The average molecular weight is 395 g/mol. The summed E-state index contributed by atoms with van der Waals surface area (Å²) in [6.07, 6.45) is 2.69. The third kappa shape index (κ3) is 4.17. The number of carbonyl (C=O) groups is 1. The lowest BCUT2D eigenvalue weighted by Crippen LogP contribution is -2.44. The number of hydrogen-bond donors (Lipinski definition) is 4. The van der Waals surface area contributed by atoms with Crippen molar-refractivity contribution < 1.29 is 14.3 Å². The Morgan fingerprint density at radius 2 is 2.14 bits per heavy atom. The molecular weight excluding hydrogens is 370 g/mol. The lowest BCUT2D eigenvalue weighted by atomic mass is 9.83. The molecule has 1 fully saturated rings. The maximum atomic E-state index is 12.7. The van der Waals surface area contributed by atoms with Crippen LogP contribution in [0.25, 0.3) is 11.0 Å². The first-order valence-corrected chi connectivity index (χ1v) is 9.79. The molecule has 3 aromatic rings. The highest BCUT2D eigenvalue weighted by atomic mass is 16.3. The fourth-order valence-corrected chi connectivity index (χ4v) is 3.90. The number of aromatic nitrogens is 2. The van der Waals surface area contributed by atoms with Crippen LogP contribution in [-0.4, -0.2) is 33.1 Å².